The largest absolute Gasteiger partial charge is 0.488 e. The van der Waals surface area contributed by atoms with Crippen molar-refractivity contribution in [2.24, 2.45) is 5.73 Å². The maximum atomic E-state index is 11.3. The van der Waals surface area contributed by atoms with Gasteiger partial charge in [-0.2, -0.15) is 0 Å². The molecule has 0 amide bonds. The van der Waals surface area contributed by atoms with Gasteiger partial charge in [-0.05, 0) is 29.8 Å². The number of nitrogens with two attached hydrogens (primary N) is 1. The number of para-hydroxylation sites is 1. The zero-order valence-corrected chi connectivity index (χ0v) is 12.4. The summed E-state index contributed by atoms with van der Waals surface area (Å²) in [6.07, 6.45) is 0. The monoisotopic (exact) mass is 301 g/mol. The second-order valence-electron chi connectivity index (χ2n) is 4.34. The third-order valence-electron chi connectivity index (χ3n) is 2.92. The van der Waals surface area contributed by atoms with E-state index >= 15 is 0 Å². The number of methoxy groups -OCH3 is 1. The van der Waals surface area contributed by atoms with Gasteiger partial charge in [0.1, 0.15) is 17.3 Å². The minimum Gasteiger partial charge on any atom is -0.488 e. The van der Waals surface area contributed by atoms with Gasteiger partial charge < -0.3 is 15.2 Å². The molecule has 2 rings (SSSR count). The number of carbonyl (C=O) groups excluding carboxylic acids is 1. The number of ether oxygens (including phenoxy) is 2. The van der Waals surface area contributed by atoms with Crippen LogP contribution in [-0.2, 0) is 11.3 Å². The summed E-state index contributed by atoms with van der Waals surface area (Å²) in [5, 5.41) is 0. The minimum absolute atomic E-state index is 0.298. The molecule has 2 aromatic rings. The Hall–Kier alpha value is -2.40. The summed E-state index contributed by atoms with van der Waals surface area (Å²) < 4.78 is 10.4. The molecule has 0 aliphatic rings. The lowest BCUT2D eigenvalue weighted by Crippen LogP contribution is -2.11. The molecule has 0 atom stereocenters. The van der Waals surface area contributed by atoms with Gasteiger partial charge in [-0.1, -0.05) is 36.5 Å². The Morgan fingerprint density at radius 1 is 1.14 bits per heavy atom. The number of rotatable bonds is 5. The van der Waals surface area contributed by atoms with Crippen molar-refractivity contribution in [3.05, 3.63) is 65.2 Å². The van der Waals surface area contributed by atoms with Gasteiger partial charge in [-0.3, -0.25) is 0 Å². The standard InChI is InChI=1S/C16H15NO3S/c1-19-16(18)12-8-6-11(7-9-12)10-20-14-5-3-2-4-13(14)15(17)21/h2-9H,10H2,1H3,(H2,17,21). The van der Waals surface area contributed by atoms with Crippen molar-refractivity contribution in [3.8, 4) is 5.75 Å². The van der Waals surface area contributed by atoms with Crippen LogP contribution in [0.5, 0.6) is 5.75 Å². The zero-order valence-electron chi connectivity index (χ0n) is 11.5. The van der Waals surface area contributed by atoms with Crippen LogP contribution < -0.4 is 10.5 Å². The highest BCUT2D eigenvalue weighted by atomic mass is 32.1. The predicted octanol–water partition coefficient (Wildman–Crippen LogP) is 2.69. The van der Waals surface area contributed by atoms with E-state index in [1.165, 1.54) is 7.11 Å². The molecule has 0 aliphatic carbocycles. The highest BCUT2D eigenvalue weighted by molar-refractivity contribution is 7.80. The fourth-order valence-electron chi connectivity index (χ4n) is 1.81. The Morgan fingerprint density at radius 2 is 1.81 bits per heavy atom. The van der Waals surface area contributed by atoms with Gasteiger partial charge in [0.25, 0.3) is 0 Å². The number of hydrogen-bond donors (Lipinski definition) is 1. The van der Waals surface area contributed by atoms with Crippen LogP contribution in [0.15, 0.2) is 48.5 Å². The Kier molecular flexibility index (Phi) is 4.90. The van der Waals surface area contributed by atoms with Crippen molar-refractivity contribution in [1.82, 2.24) is 0 Å². The summed E-state index contributed by atoms with van der Waals surface area (Å²) >= 11 is 4.99. The van der Waals surface area contributed by atoms with E-state index in [1.54, 1.807) is 12.1 Å². The molecule has 21 heavy (non-hydrogen) atoms. The molecule has 0 bridgehead atoms. The van der Waals surface area contributed by atoms with Crippen molar-refractivity contribution in [2.75, 3.05) is 7.11 Å². The van der Waals surface area contributed by atoms with E-state index in [-0.39, 0.29) is 5.97 Å². The van der Waals surface area contributed by atoms with Crippen molar-refractivity contribution < 1.29 is 14.3 Å². The van der Waals surface area contributed by atoms with Crippen molar-refractivity contribution in [1.29, 1.82) is 0 Å². The first kappa shape index (κ1) is 15.0. The number of carbonyl (C=O) groups is 1. The van der Waals surface area contributed by atoms with E-state index in [0.717, 1.165) is 5.56 Å². The first-order chi connectivity index (χ1) is 10.1. The number of esters is 1. The molecule has 5 heteroatoms. The molecule has 108 valence electrons. The first-order valence-electron chi connectivity index (χ1n) is 6.30. The lowest BCUT2D eigenvalue weighted by atomic mass is 10.1. The molecule has 0 radical (unpaired) electrons. The molecule has 0 spiro atoms. The number of hydrogen-bond acceptors (Lipinski definition) is 4. The fraction of sp³-hybridized carbons (Fsp3) is 0.125. The highest BCUT2D eigenvalue weighted by Gasteiger charge is 2.07. The molecular weight excluding hydrogens is 286 g/mol. The van der Waals surface area contributed by atoms with E-state index in [9.17, 15) is 4.79 Å². The van der Waals surface area contributed by atoms with Gasteiger partial charge in [0, 0.05) is 0 Å². The minimum atomic E-state index is -0.360. The Morgan fingerprint density at radius 3 is 2.43 bits per heavy atom. The predicted molar refractivity (Wildman–Crippen MR) is 84.4 cm³/mol. The number of thiocarbonyl (C=S) groups is 1. The molecule has 0 aromatic heterocycles. The van der Waals surface area contributed by atoms with Gasteiger partial charge in [-0.25, -0.2) is 4.79 Å². The van der Waals surface area contributed by atoms with E-state index in [4.69, 9.17) is 22.7 Å². The normalized spacial score (nSPS) is 9.95. The topological polar surface area (TPSA) is 61.5 Å². The van der Waals surface area contributed by atoms with Crippen LogP contribution in [-0.4, -0.2) is 18.1 Å². The van der Waals surface area contributed by atoms with Crippen LogP contribution in [0, 0.1) is 0 Å². The molecule has 0 aliphatic heterocycles. The van der Waals surface area contributed by atoms with Gasteiger partial charge in [0.15, 0.2) is 0 Å². The second kappa shape index (κ2) is 6.85. The maximum absolute atomic E-state index is 11.3. The molecule has 0 saturated carbocycles. The van der Waals surface area contributed by atoms with Crippen LogP contribution in [0.2, 0.25) is 0 Å². The SMILES string of the molecule is COC(=O)c1ccc(COc2ccccc2C(N)=S)cc1. The van der Waals surface area contributed by atoms with Crippen LogP contribution >= 0.6 is 12.2 Å². The van der Waals surface area contributed by atoms with E-state index in [2.05, 4.69) is 4.74 Å². The van der Waals surface area contributed by atoms with Gasteiger partial charge in [0.05, 0.1) is 18.2 Å². The highest BCUT2D eigenvalue weighted by Crippen LogP contribution is 2.19. The second-order valence-corrected chi connectivity index (χ2v) is 4.78. The average Bonchev–Trinajstić information content (AvgIpc) is 2.52. The van der Waals surface area contributed by atoms with E-state index in [1.807, 2.05) is 36.4 Å². The van der Waals surface area contributed by atoms with Crippen LogP contribution in [0.3, 0.4) is 0 Å². The van der Waals surface area contributed by atoms with Crippen LogP contribution in [0.1, 0.15) is 21.5 Å². The molecule has 0 saturated heterocycles. The number of benzene rings is 2. The quantitative estimate of drug-likeness (QED) is 0.679. The zero-order chi connectivity index (χ0) is 15.2. The Labute approximate surface area is 128 Å². The summed E-state index contributed by atoms with van der Waals surface area (Å²) in [7, 11) is 1.35. The van der Waals surface area contributed by atoms with Crippen LogP contribution in [0.4, 0.5) is 0 Å². The van der Waals surface area contributed by atoms with Gasteiger partial charge >= 0.3 is 5.97 Å². The smallest absolute Gasteiger partial charge is 0.337 e. The molecule has 2 aromatic carbocycles. The lowest BCUT2D eigenvalue weighted by Gasteiger charge is -2.10. The molecule has 0 unspecified atom stereocenters. The summed E-state index contributed by atoms with van der Waals surface area (Å²) in [6.45, 7) is 0.362. The molecule has 0 heterocycles. The third kappa shape index (κ3) is 3.79. The fourth-order valence-corrected chi connectivity index (χ4v) is 1.98. The Bertz CT molecular complexity index is 653. The average molecular weight is 301 g/mol. The molecule has 0 fully saturated rings. The van der Waals surface area contributed by atoms with Gasteiger partial charge in [-0.15, -0.1) is 0 Å². The lowest BCUT2D eigenvalue weighted by molar-refractivity contribution is 0.0600. The van der Waals surface area contributed by atoms with Crippen molar-refractivity contribution >= 4 is 23.2 Å². The van der Waals surface area contributed by atoms with Gasteiger partial charge in [0.2, 0.25) is 0 Å². The summed E-state index contributed by atoms with van der Waals surface area (Å²) in [6, 6.07) is 14.4. The summed E-state index contributed by atoms with van der Waals surface area (Å²) in [5.74, 6) is 0.281. The molecular formula is C16H15NO3S. The van der Waals surface area contributed by atoms with E-state index < -0.39 is 0 Å². The maximum Gasteiger partial charge on any atom is 0.337 e. The Balaban J connectivity index is 2.07. The van der Waals surface area contributed by atoms with E-state index in [0.29, 0.717) is 28.5 Å². The molecule has 4 nitrogen and oxygen atoms in total. The third-order valence-corrected chi connectivity index (χ3v) is 3.14. The van der Waals surface area contributed by atoms with Crippen molar-refractivity contribution in [2.45, 2.75) is 6.61 Å². The first-order valence-corrected chi connectivity index (χ1v) is 6.71. The molecule has 2 N–H and O–H groups in total. The summed E-state index contributed by atoms with van der Waals surface area (Å²) in [4.78, 5) is 11.6. The van der Waals surface area contributed by atoms with Crippen molar-refractivity contribution in [3.63, 3.8) is 0 Å². The summed E-state index contributed by atoms with van der Waals surface area (Å²) in [5.41, 5.74) is 7.79. The van der Waals surface area contributed by atoms with Crippen LogP contribution in [0.25, 0.3) is 0 Å².